The summed E-state index contributed by atoms with van der Waals surface area (Å²) in [4.78, 5) is 56.6. The summed E-state index contributed by atoms with van der Waals surface area (Å²) in [6.07, 6.45) is 2.06. The van der Waals surface area contributed by atoms with Gasteiger partial charge in [-0.25, -0.2) is 4.98 Å². The lowest BCUT2D eigenvalue weighted by Gasteiger charge is -2.45. The Morgan fingerprint density at radius 2 is 1.85 bits per heavy atom. The molecule has 1 fully saturated rings. The first kappa shape index (κ1) is 22.4. The Balaban J connectivity index is 1.69. The fraction of sp³-hybridized carbons (Fsp3) is 0.320. The lowest BCUT2D eigenvalue weighted by atomic mass is 9.84. The highest BCUT2D eigenvalue weighted by molar-refractivity contribution is 6.01. The predicted octanol–water partition coefficient (Wildman–Crippen LogP) is 2.32. The van der Waals surface area contributed by atoms with E-state index < -0.39 is 11.5 Å². The molecule has 4 rings (SSSR count). The van der Waals surface area contributed by atoms with E-state index in [1.54, 1.807) is 4.90 Å². The molecule has 8 heteroatoms. The van der Waals surface area contributed by atoms with Crippen LogP contribution in [0.3, 0.4) is 0 Å². The molecule has 0 radical (unpaired) electrons. The average Bonchev–Trinajstić information content (AvgIpc) is 2.77. The number of aromatic nitrogens is 2. The van der Waals surface area contributed by atoms with Gasteiger partial charge in [-0.3, -0.25) is 23.7 Å². The van der Waals surface area contributed by atoms with Gasteiger partial charge in [0, 0.05) is 36.8 Å². The zero-order chi connectivity index (χ0) is 23.8. The fourth-order valence-electron chi connectivity index (χ4n) is 4.08. The van der Waals surface area contributed by atoms with Gasteiger partial charge in [-0.05, 0) is 30.0 Å². The molecule has 0 bridgehead atoms. The van der Waals surface area contributed by atoms with E-state index in [-0.39, 0.29) is 35.6 Å². The van der Waals surface area contributed by atoms with Crippen molar-refractivity contribution in [2.75, 3.05) is 13.1 Å². The van der Waals surface area contributed by atoms with Crippen molar-refractivity contribution in [3.05, 3.63) is 75.2 Å². The summed E-state index contributed by atoms with van der Waals surface area (Å²) in [5.41, 5.74) is 1.78. The van der Waals surface area contributed by atoms with Crippen molar-refractivity contribution in [3.63, 3.8) is 0 Å². The lowest BCUT2D eigenvalue weighted by molar-refractivity contribution is -0.142. The van der Waals surface area contributed by atoms with Crippen LogP contribution >= 0.6 is 0 Å². The number of hydrogen-bond donors (Lipinski definition) is 1. The SMILES string of the molecule is Cc1ccc(CNC(=O)c2cc3c(C=O)ccnc3n(CC(=O)N3CC(C)(C)C3)c2=O)cc1. The quantitative estimate of drug-likeness (QED) is 0.586. The number of carbonyl (C=O) groups excluding carboxylic acids is 3. The second kappa shape index (κ2) is 8.61. The number of rotatable bonds is 6. The van der Waals surface area contributed by atoms with Crippen LogP contribution in [0.25, 0.3) is 11.0 Å². The number of aryl methyl sites for hydroxylation is 1. The van der Waals surface area contributed by atoms with E-state index in [2.05, 4.69) is 24.1 Å². The van der Waals surface area contributed by atoms with Gasteiger partial charge in [0.25, 0.3) is 11.5 Å². The minimum Gasteiger partial charge on any atom is -0.348 e. The van der Waals surface area contributed by atoms with Crippen LogP contribution in [0.1, 0.15) is 45.7 Å². The van der Waals surface area contributed by atoms with Crippen LogP contribution in [0.4, 0.5) is 0 Å². The minimum atomic E-state index is -0.618. The molecule has 3 aromatic rings. The summed E-state index contributed by atoms with van der Waals surface area (Å²) in [7, 11) is 0. The van der Waals surface area contributed by atoms with Gasteiger partial charge < -0.3 is 10.2 Å². The molecule has 0 aliphatic carbocycles. The number of carbonyl (C=O) groups is 3. The molecule has 1 N–H and O–H groups in total. The van der Waals surface area contributed by atoms with Crippen molar-refractivity contribution < 1.29 is 14.4 Å². The highest BCUT2D eigenvalue weighted by Crippen LogP contribution is 2.28. The maximum absolute atomic E-state index is 13.3. The van der Waals surface area contributed by atoms with Gasteiger partial charge in [0.2, 0.25) is 5.91 Å². The molecule has 8 nitrogen and oxygen atoms in total. The highest BCUT2D eigenvalue weighted by Gasteiger charge is 2.37. The Labute approximate surface area is 191 Å². The Morgan fingerprint density at radius 1 is 1.15 bits per heavy atom. The van der Waals surface area contributed by atoms with E-state index in [1.807, 2.05) is 31.2 Å². The summed E-state index contributed by atoms with van der Waals surface area (Å²) >= 11 is 0. The Morgan fingerprint density at radius 3 is 2.48 bits per heavy atom. The zero-order valence-corrected chi connectivity index (χ0v) is 18.9. The van der Waals surface area contributed by atoms with Crippen molar-refractivity contribution in [2.45, 2.75) is 33.9 Å². The normalized spacial score (nSPS) is 14.6. The standard InChI is InChI=1S/C25H26N4O4/c1-16-4-6-17(7-5-16)11-27-23(32)20-10-19-18(13-30)8-9-26-22(19)29(24(20)33)12-21(31)28-14-25(2,3)15-28/h4-10,13H,11-12,14-15H2,1-3H3,(H,27,32). The number of amides is 2. The number of nitrogens with one attached hydrogen (secondary N) is 1. The second-order valence-corrected chi connectivity index (χ2v) is 9.29. The smallest absolute Gasteiger partial charge is 0.265 e. The van der Waals surface area contributed by atoms with Gasteiger partial charge in [0.15, 0.2) is 6.29 Å². The Bertz CT molecular complexity index is 1300. The molecule has 0 spiro atoms. The maximum atomic E-state index is 13.3. The number of nitrogens with zero attached hydrogens (tertiary/aromatic N) is 3. The molecule has 1 aromatic carbocycles. The van der Waals surface area contributed by atoms with Gasteiger partial charge in [-0.2, -0.15) is 0 Å². The first-order chi connectivity index (χ1) is 15.7. The number of likely N-dealkylation sites (tertiary alicyclic amines) is 1. The maximum Gasteiger partial charge on any atom is 0.265 e. The molecule has 1 aliphatic heterocycles. The van der Waals surface area contributed by atoms with E-state index in [9.17, 15) is 19.2 Å². The highest BCUT2D eigenvalue weighted by atomic mass is 16.2. The summed E-state index contributed by atoms with van der Waals surface area (Å²) in [6, 6.07) is 10.6. The van der Waals surface area contributed by atoms with Crippen molar-refractivity contribution in [2.24, 2.45) is 5.41 Å². The molecule has 1 saturated heterocycles. The van der Waals surface area contributed by atoms with Crippen molar-refractivity contribution in [1.82, 2.24) is 19.8 Å². The molecule has 0 atom stereocenters. The molecule has 2 aromatic heterocycles. The van der Waals surface area contributed by atoms with E-state index >= 15 is 0 Å². The molecule has 33 heavy (non-hydrogen) atoms. The first-order valence-corrected chi connectivity index (χ1v) is 10.8. The van der Waals surface area contributed by atoms with Gasteiger partial charge in [-0.1, -0.05) is 43.7 Å². The summed E-state index contributed by atoms with van der Waals surface area (Å²) < 4.78 is 1.19. The van der Waals surface area contributed by atoms with Gasteiger partial charge in [0.05, 0.1) is 0 Å². The van der Waals surface area contributed by atoms with E-state index in [0.29, 0.717) is 30.3 Å². The molecule has 0 unspecified atom stereocenters. The van der Waals surface area contributed by atoms with Gasteiger partial charge in [0.1, 0.15) is 17.8 Å². The van der Waals surface area contributed by atoms with Crippen molar-refractivity contribution in [1.29, 1.82) is 0 Å². The third-order valence-electron chi connectivity index (χ3n) is 5.85. The predicted molar refractivity (Wildman–Crippen MR) is 124 cm³/mol. The summed E-state index contributed by atoms with van der Waals surface area (Å²) in [5.74, 6) is -0.803. The second-order valence-electron chi connectivity index (χ2n) is 9.29. The van der Waals surface area contributed by atoms with Crippen LogP contribution in [-0.2, 0) is 17.9 Å². The number of fused-ring (bicyclic) bond motifs is 1. The zero-order valence-electron chi connectivity index (χ0n) is 18.9. The first-order valence-electron chi connectivity index (χ1n) is 10.8. The molecular formula is C25H26N4O4. The monoisotopic (exact) mass is 446 g/mol. The van der Waals surface area contributed by atoms with E-state index in [4.69, 9.17) is 0 Å². The summed E-state index contributed by atoms with van der Waals surface area (Å²) in [5, 5.41) is 3.11. The largest absolute Gasteiger partial charge is 0.348 e. The molecule has 1 aliphatic rings. The van der Waals surface area contributed by atoms with Crippen LogP contribution in [0.2, 0.25) is 0 Å². The van der Waals surface area contributed by atoms with Crippen LogP contribution < -0.4 is 10.9 Å². The van der Waals surface area contributed by atoms with Crippen molar-refractivity contribution in [3.8, 4) is 0 Å². The molecular weight excluding hydrogens is 420 g/mol. The van der Waals surface area contributed by atoms with Crippen LogP contribution in [-0.4, -0.2) is 45.6 Å². The van der Waals surface area contributed by atoms with E-state index in [1.165, 1.54) is 22.9 Å². The average molecular weight is 447 g/mol. The fourth-order valence-corrected chi connectivity index (χ4v) is 4.08. The van der Waals surface area contributed by atoms with Crippen LogP contribution in [0, 0.1) is 12.3 Å². The van der Waals surface area contributed by atoms with E-state index in [0.717, 1.165) is 11.1 Å². The van der Waals surface area contributed by atoms with Crippen LogP contribution in [0.5, 0.6) is 0 Å². The number of aldehydes is 1. The van der Waals surface area contributed by atoms with Gasteiger partial charge in [-0.15, -0.1) is 0 Å². The third kappa shape index (κ3) is 4.55. The third-order valence-corrected chi connectivity index (χ3v) is 5.85. The number of pyridine rings is 2. The molecule has 0 saturated carbocycles. The Kier molecular flexibility index (Phi) is 5.84. The molecule has 3 heterocycles. The number of benzene rings is 1. The lowest BCUT2D eigenvalue weighted by Crippen LogP contribution is -2.56. The van der Waals surface area contributed by atoms with Crippen molar-refractivity contribution >= 4 is 29.1 Å². The summed E-state index contributed by atoms with van der Waals surface area (Å²) in [6.45, 7) is 7.29. The minimum absolute atomic E-state index is 0.0450. The Hall–Kier alpha value is -3.81. The topological polar surface area (TPSA) is 101 Å². The van der Waals surface area contributed by atoms with Crippen LogP contribution in [0.15, 0.2) is 47.4 Å². The number of hydrogen-bond acceptors (Lipinski definition) is 5. The molecule has 2 amide bonds. The van der Waals surface area contributed by atoms with Gasteiger partial charge >= 0.3 is 0 Å². The molecule has 170 valence electrons.